The lowest BCUT2D eigenvalue weighted by molar-refractivity contribution is -0.138. The lowest BCUT2D eigenvalue weighted by atomic mass is 9.88. The van der Waals surface area contributed by atoms with E-state index in [9.17, 15) is 9.59 Å². The predicted octanol–water partition coefficient (Wildman–Crippen LogP) is 3.29. The molecule has 0 radical (unpaired) electrons. The van der Waals surface area contributed by atoms with Gasteiger partial charge < -0.3 is 10.2 Å². The molecule has 0 saturated heterocycles. The maximum Gasteiger partial charge on any atom is 0.231 e. The van der Waals surface area contributed by atoms with Gasteiger partial charge in [0.1, 0.15) is 0 Å². The van der Waals surface area contributed by atoms with Crippen LogP contribution in [-0.4, -0.2) is 28.8 Å². The predicted molar refractivity (Wildman–Crippen MR) is 86.7 cm³/mol. The highest BCUT2D eigenvalue weighted by molar-refractivity contribution is 6.01. The monoisotopic (exact) mass is 300 g/mol. The highest BCUT2D eigenvalue weighted by atomic mass is 16.2. The van der Waals surface area contributed by atoms with Crippen LogP contribution >= 0.6 is 0 Å². The van der Waals surface area contributed by atoms with Gasteiger partial charge in [0.05, 0.1) is 5.92 Å². The summed E-state index contributed by atoms with van der Waals surface area (Å²) in [5.41, 5.74) is 1.75. The minimum Gasteiger partial charge on any atom is -0.336 e. The van der Waals surface area contributed by atoms with Gasteiger partial charge in [0.25, 0.3) is 0 Å². The van der Waals surface area contributed by atoms with Gasteiger partial charge >= 0.3 is 0 Å². The van der Waals surface area contributed by atoms with Crippen LogP contribution in [-0.2, 0) is 9.59 Å². The number of hydrogen-bond donors (Lipinski definition) is 1. The summed E-state index contributed by atoms with van der Waals surface area (Å²) in [5.74, 6) is -0.248. The molecule has 1 aliphatic carbocycles. The molecule has 4 nitrogen and oxygen atoms in total. The Labute approximate surface area is 131 Å². The number of anilines is 1. The van der Waals surface area contributed by atoms with Crippen molar-refractivity contribution < 1.29 is 9.59 Å². The van der Waals surface area contributed by atoms with E-state index in [-0.39, 0.29) is 30.2 Å². The van der Waals surface area contributed by atoms with Crippen molar-refractivity contribution in [1.29, 1.82) is 0 Å². The fourth-order valence-corrected chi connectivity index (χ4v) is 3.50. The molecule has 4 heteroatoms. The fourth-order valence-electron chi connectivity index (χ4n) is 3.50. The largest absolute Gasteiger partial charge is 0.336 e. The van der Waals surface area contributed by atoms with Crippen molar-refractivity contribution in [3.63, 3.8) is 0 Å². The molecule has 1 aliphatic heterocycles. The average molecular weight is 300 g/mol. The average Bonchev–Trinajstić information content (AvgIpc) is 3.35. The summed E-state index contributed by atoms with van der Waals surface area (Å²) in [7, 11) is 0. The molecule has 22 heavy (non-hydrogen) atoms. The van der Waals surface area contributed by atoms with Crippen LogP contribution in [0.2, 0.25) is 0 Å². The summed E-state index contributed by atoms with van der Waals surface area (Å²) in [5, 5.41) is 2.88. The molecule has 1 atom stereocenters. The van der Waals surface area contributed by atoms with E-state index in [1.807, 2.05) is 24.3 Å². The van der Waals surface area contributed by atoms with Crippen molar-refractivity contribution in [1.82, 2.24) is 4.90 Å². The Hall–Kier alpha value is -1.84. The smallest absolute Gasteiger partial charge is 0.231 e. The van der Waals surface area contributed by atoms with Gasteiger partial charge in [-0.1, -0.05) is 32.0 Å². The second-order valence-electron chi connectivity index (χ2n) is 6.34. The first kappa shape index (κ1) is 15.1. The van der Waals surface area contributed by atoms with Gasteiger partial charge in [0.2, 0.25) is 11.8 Å². The molecule has 0 aromatic heterocycles. The Bertz CT molecular complexity index is 576. The second kappa shape index (κ2) is 6.11. The van der Waals surface area contributed by atoms with Gasteiger partial charge in [-0.2, -0.15) is 0 Å². The van der Waals surface area contributed by atoms with E-state index in [2.05, 4.69) is 24.1 Å². The molecule has 1 fully saturated rings. The van der Waals surface area contributed by atoms with Crippen LogP contribution < -0.4 is 5.32 Å². The first-order chi connectivity index (χ1) is 10.7. The van der Waals surface area contributed by atoms with Crippen molar-refractivity contribution in [3.05, 3.63) is 29.8 Å². The van der Waals surface area contributed by atoms with Crippen LogP contribution in [0.5, 0.6) is 0 Å². The van der Waals surface area contributed by atoms with Gasteiger partial charge in [-0.3, -0.25) is 9.59 Å². The molecule has 1 unspecified atom stereocenters. The van der Waals surface area contributed by atoms with E-state index in [1.54, 1.807) is 0 Å². The van der Waals surface area contributed by atoms with Crippen LogP contribution in [0.15, 0.2) is 24.3 Å². The Balaban J connectivity index is 1.92. The van der Waals surface area contributed by atoms with Crippen LogP contribution in [0.4, 0.5) is 5.69 Å². The molecule has 1 N–H and O–H groups in total. The van der Waals surface area contributed by atoms with E-state index in [0.29, 0.717) is 6.04 Å². The molecule has 3 rings (SSSR count). The second-order valence-corrected chi connectivity index (χ2v) is 6.34. The normalized spacial score (nSPS) is 20.5. The van der Waals surface area contributed by atoms with Crippen molar-refractivity contribution in [2.24, 2.45) is 0 Å². The summed E-state index contributed by atoms with van der Waals surface area (Å²) in [6.07, 6.45) is 4.41. The van der Waals surface area contributed by atoms with Crippen LogP contribution in [0, 0.1) is 0 Å². The Morgan fingerprint density at radius 2 is 1.95 bits per heavy atom. The third kappa shape index (κ3) is 2.74. The SMILES string of the molecule is CCC(CC)N(C(=O)C1CC(=O)Nc2ccccc21)C1CC1. The highest BCUT2D eigenvalue weighted by Crippen LogP contribution is 2.38. The standard InChI is InChI=1S/C18H24N2O2/c1-3-12(4-2)20(13-9-10-13)18(22)15-11-17(21)19-16-8-6-5-7-14(15)16/h5-8,12-13,15H,3-4,9-11H2,1-2H3,(H,19,21). The zero-order chi connectivity index (χ0) is 15.7. The highest BCUT2D eigenvalue weighted by Gasteiger charge is 2.41. The Morgan fingerprint density at radius 3 is 2.59 bits per heavy atom. The molecular formula is C18H24N2O2. The number of rotatable bonds is 5. The maximum atomic E-state index is 13.2. The Kier molecular flexibility index (Phi) is 4.19. The number of para-hydroxylation sites is 1. The number of benzene rings is 1. The third-order valence-corrected chi connectivity index (χ3v) is 4.83. The molecule has 2 aliphatic rings. The first-order valence-electron chi connectivity index (χ1n) is 8.36. The lowest BCUT2D eigenvalue weighted by Gasteiger charge is -2.35. The number of hydrogen-bond acceptors (Lipinski definition) is 2. The molecule has 1 aromatic rings. The maximum absolute atomic E-state index is 13.2. The van der Waals surface area contributed by atoms with Crippen LogP contribution in [0.3, 0.4) is 0 Å². The fraction of sp³-hybridized carbons (Fsp3) is 0.556. The summed E-state index contributed by atoms with van der Waals surface area (Å²) >= 11 is 0. The molecule has 2 amide bonds. The summed E-state index contributed by atoms with van der Waals surface area (Å²) in [6.45, 7) is 4.27. The zero-order valence-electron chi connectivity index (χ0n) is 13.3. The third-order valence-electron chi connectivity index (χ3n) is 4.83. The van der Waals surface area contributed by atoms with E-state index in [4.69, 9.17) is 0 Å². The van der Waals surface area contributed by atoms with E-state index in [1.165, 1.54) is 0 Å². The summed E-state index contributed by atoms with van der Waals surface area (Å²) in [4.78, 5) is 27.3. The zero-order valence-corrected chi connectivity index (χ0v) is 13.3. The Morgan fingerprint density at radius 1 is 1.27 bits per heavy atom. The van der Waals surface area contributed by atoms with Crippen molar-refractivity contribution >= 4 is 17.5 Å². The van der Waals surface area contributed by atoms with Crippen LogP contribution in [0.25, 0.3) is 0 Å². The van der Waals surface area contributed by atoms with E-state index in [0.717, 1.165) is 36.9 Å². The van der Waals surface area contributed by atoms with Crippen molar-refractivity contribution in [3.8, 4) is 0 Å². The van der Waals surface area contributed by atoms with Gasteiger partial charge in [-0.15, -0.1) is 0 Å². The molecule has 1 heterocycles. The van der Waals surface area contributed by atoms with Crippen LogP contribution in [0.1, 0.15) is 57.4 Å². The minimum absolute atomic E-state index is 0.0580. The minimum atomic E-state index is -0.328. The number of fused-ring (bicyclic) bond motifs is 1. The summed E-state index contributed by atoms with van der Waals surface area (Å²) in [6, 6.07) is 8.35. The van der Waals surface area contributed by atoms with E-state index < -0.39 is 0 Å². The number of nitrogens with one attached hydrogen (secondary N) is 1. The van der Waals surface area contributed by atoms with Gasteiger partial charge in [-0.25, -0.2) is 0 Å². The first-order valence-corrected chi connectivity index (χ1v) is 8.36. The van der Waals surface area contributed by atoms with Crippen molar-refractivity contribution in [2.45, 2.75) is 64.0 Å². The molecular weight excluding hydrogens is 276 g/mol. The topological polar surface area (TPSA) is 49.4 Å². The number of amides is 2. The molecule has 118 valence electrons. The molecule has 1 aromatic carbocycles. The number of nitrogens with zero attached hydrogens (tertiary/aromatic N) is 1. The quantitative estimate of drug-likeness (QED) is 0.907. The van der Waals surface area contributed by atoms with Gasteiger partial charge in [0.15, 0.2) is 0 Å². The number of carbonyl (C=O) groups excluding carboxylic acids is 2. The molecule has 0 bridgehead atoms. The molecule has 0 spiro atoms. The summed E-state index contributed by atoms with van der Waals surface area (Å²) < 4.78 is 0. The molecule has 1 saturated carbocycles. The van der Waals surface area contributed by atoms with Crippen molar-refractivity contribution in [2.75, 3.05) is 5.32 Å². The lowest BCUT2D eigenvalue weighted by Crippen LogP contribution is -2.45. The van der Waals surface area contributed by atoms with Gasteiger partial charge in [0, 0.05) is 24.2 Å². The van der Waals surface area contributed by atoms with Gasteiger partial charge in [-0.05, 0) is 37.3 Å². The van der Waals surface area contributed by atoms with E-state index >= 15 is 0 Å². The number of carbonyl (C=O) groups is 2.